The number of rotatable bonds is 7. The summed E-state index contributed by atoms with van der Waals surface area (Å²) in [5.41, 5.74) is -0.466. The molecule has 0 saturated carbocycles. The average Bonchev–Trinajstić information content (AvgIpc) is 2.77. The molecule has 2 aromatic rings. The fourth-order valence-electron chi connectivity index (χ4n) is 3.44. The summed E-state index contributed by atoms with van der Waals surface area (Å²) in [7, 11) is 1.18. The maximum Gasteiger partial charge on any atom is 0.431 e. The molecule has 186 valence electrons. The van der Waals surface area contributed by atoms with E-state index in [0.29, 0.717) is 6.42 Å². The second-order valence-corrected chi connectivity index (χ2v) is 8.24. The molecular formula is C25H24ClF4N3O2. The highest BCUT2D eigenvalue weighted by atomic mass is 35.5. The predicted octanol–water partition coefficient (Wildman–Crippen LogP) is 7.58. The summed E-state index contributed by atoms with van der Waals surface area (Å²) in [5.74, 6) is -0.557. The summed E-state index contributed by atoms with van der Waals surface area (Å²) >= 11 is 6.24. The van der Waals surface area contributed by atoms with Crippen molar-refractivity contribution in [3.8, 4) is 17.4 Å². The summed E-state index contributed by atoms with van der Waals surface area (Å²) in [6, 6.07) is 5.46. The van der Waals surface area contributed by atoms with Crippen LogP contribution in [0.25, 0.3) is 0 Å². The lowest BCUT2D eigenvalue weighted by Gasteiger charge is -2.39. The Morgan fingerprint density at radius 3 is 2.51 bits per heavy atom. The van der Waals surface area contributed by atoms with Crippen LogP contribution in [-0.2, 0) is 0 Å². The zero-order valence-electron chi connectivity index (χ0n) is 19.4. The lowest BCUT2D eigenvalue weighted by Crippen LogP contribution is -2.40. The van der Waals surface area contributed by atoms with Crippen molar-refractivity contribution >= 4 is 17.3 Å². The largest absolute Gasteiger partial charge is 0.467 e. The third-order valence-corrected chi connectivity index (χ3v) is 5.56. The minimum Gasteiger partial charge on any atom is -0.467 e. The molecule has 1 aliphatic rings. The highest BCUT2D eigenvalue weighted by Gasteiger charge is 2.41. The standard InChI is InChI=1S/C25H24ClF4N3O2/c1-7-20(14(2)3)35-24-21(9-8-10-31-24)34-22-13-19(18(27)12-17(22)26)33-15(4)11-23(25(28,29)30)32(6)16(33)5/h8-13,20H,2,4-5,7H2,1,3,6H3. The number of halogens is 5. The van der Waals surface area contributed by atoms with Gasteiger partial charge in [-0.15, -0.1) is 0 Å². The van der Waals surface area contributed by atoms with E-state index in [4.69, 9.17) is 21.1 Å². The highest BCUT2D eigenvalue weighted by Crippen LogP contribution is 2.43. The molecule has 1 atom stereocenters. The smallest absolute Gasteiger partial charge is 0.431 e. The number of anilines is 1. The maximum atomic E-state index is 15.0. The van der Waals surface area contributed by atoms with Gasteiger partial charge in [0.25, 0.3) is 5.88 Å². The number of ether oxygens (including phenoxy) is 2. The SMILES string of the molecule is C=C(C)C(CC)Oc1ncccc1Oc1cc(N2C(=C)C=C(C(F)(F)F)N(C)C2=C)c(F)cc1Cl. The molecule has 2 heterocycles. The van der Waals surface area contributed by atoms with Crippen LogP contribution in [0.1, 0.15) is 20.3 Å². The van der Waals surface area contributed by atoms with Gasteiger partial charge in [0.1, 0.15) is 29.2 Å². The van der Waals surface area contributed by atoms with Crippen LogP contribution in [0.2, 0.25) is 5.02 Å². The lowest BCUT2D eigenvalue weighted by atomic mass is 10.1. The molecular weight excluding hydrogens is 486 g/mol. The van der Waals surface area contributed by atoms with E-state index in [0.717, 1.165) is 27.5 Å². The van der Waals surface area contributed by atoms with Crippen LogP contribution in [0.5, 0.6) is 17.4 Å². The van der Waals surface area contributed by atoms with Crippen LogP contribution in [0.3, 0.4) is 0 Å². The number of benzene rings is 1. The van der Waals surface area contributed by atoms with E-state index in [1.165, 1.54) is 19.3 Å². The van der Waals surface area contributed by atoms with E-state index in [9.17, 15) is 17.6 Å². The van der Waals surface area contributed by atoms with Crippen LogP contribution < -0.4 is 14.4 Å². The molecule has 0 aliphatic carbocycles. The number of aromatic nitrogens is 1. The van der Waals surface area contributed by atoms with Crippen molar-refractivity contribution in [3.63, 3.8) is 0 Å². The summed E-state index contributed by atoms with van der Waals surface area (Å²) < 4.78 is 66.9. The number of hydrogen-bond donors (Lipinski definition) is 0. The van der Waals surface area contributed by atoms with Crippen LogP contribution >= 0.6 is 11.6 Å². The fourth-order valence-corrected chi connectivity index (χ4v) is 3.62. The molecule has 5 nitrogen and oxygen atoms in total. The Labute approximate surface area is 206 Å². The van der Waals surface area contributed by atoms with Gasteiger partial charge in [0.15, 0.2) is 5.75 Å². The Morgan fingerprint density at radius 2 is 1.91 bits per heavy atom. The topological polar surface area (TPSA) is 37.8 Å². The van der Waals surface area contributed by atoms with Gasteiger partial charge in [-0.25, -0.2) is 9.37 Å². The Hall–Kier alpha value is -3.46. The third kappa shape index (κ3) is 5.45. The van der Waals surface area contributed by atoms with E-state index in [2.05, 4.69) is 24.7 Å². The van der Waals surface area contributed by atoms with Crippen LogP contribution in [0, 0.1) is 5.82 Å². The first-order valence-corrected chi connectivity index (χ1v) is 10.9. The fraction of sp³-hybridized carbons (Fsp3) is 0.240. The Kier molecular flexibility index (Phi) is 7.50. The van der Waals surface area contributed by atoms with Gasteiger partial charge in [0.2, 0.25) is 0 Å². The summed E-state index contributed by atoms with van der Waals surface area (Å²) in [4.78, 5) is 6.15. The molecule has 0 radical (unpaired) electrons. The minimum atomic E-state index is -4.64. The van der Waals surface area contributed by atoms with Gasteiger partial charge in [0, 0.05) is 25.0 Å². The van der Waals surface area contributed by atoms with Gasteiger partial charge >= 0.3 is 6.18 Å². The number of nitrogens with zero attached hydrogens (tertiary/aromatic N) is 3. The minimum absolute atomic E-state index is 0.0261. The van der Waals surface area contributed by atoms with Crippen molar-refractivity contribution in [1.82, 2.24) is 9.88 Å². The first-order valence-electron chi connectivity index (χ1n) is 10.5. The molecule has 0 saturated heterocycles. The molecule has 0 fully saturated rings. The second-order valence-electron chi connectivity index (χ2n) is 7.83. The normalized spacial score (nSPS) is 15.1. The van der Waals surface area contributed by atoms with Crippen molar-refractivity contribution in [1.29, 1.82) is 0 Å². The number of alkyl halides is 3. The Balaban J connectivity index is 2.01. The number of allylic oxidation sites excluding steroid dienone is 2. The number of pyridine rings is 1. The van der Waals surface area contributed by atoms with E-state index >= 15 is 0 Å². The highest BCUT2D eigenvalue weighted by molar-refractivity contribution is 6.32. The second kappa shape index (κ2) is 10.0. The van der Waals surface area contributed by atoms with Crippen LogP contribution in [0.15, 0.2) is 79.1 Å². The van der Waals surface area contributed by atoms with Crippen molar-refractivity contribution in [3.05, 3.63) is 89.9 Å². The van der Waals surface area contributed by atoms with Crippen molar-refractivity contribution in [2.45, 2.75) is 32.5 Å². The van der Waals surface area contributed by atoms with E-state index < -0.39 is 17.7 Å². The monoisotopic (exact) mass is 509 g/mol. The Bertz CT molecular complexity index is 1210. The summed E-state index contributed by atoms with van der Waals surface area (Å²) in [5, 5.41) is -0.0684. The maximum absolute atomic E-state index is 15.0. The zero-order valence-corrected chi connectivity index (χ0v) is 20.2. The van der Waals surface area contributed by atoms with E-state index in [1.807, 2.05) is 13.8 Å². The molecule has 1 aromatic carbocycles. The summed E-state index contributed by atoms with van der Waals surface area (Å²) in [6.07, 6.45) is -1.98. The zero-order chi connectivity index (χ0) is 26.1. The van der Waals surface area contributed by atoms with E-state index in [1.54, 1.807) is 12.1 Å². The summed E-state index contributed by atoms with van der Waals surface area (Å²) in [6.45, 7) is 15.0. The Morgan fingerprint density at radius 1 is 1.23 bits per heavy atom. The van der Waals surface area contributed by atoms with Crippen molar-refractivity contribution in [2.24, 2.45) is 0 Å². The third-order valence-electron chi connectivity index (χ3n) is 5.26. The first kappa shape index (κ1) is 26.2. The predicted molar refractivity (Wildman–Crippen MR) is 128 cm³/mol. The molecule has 3 rings (SSSR count). The molecule has 0 N–H and O–H groups in total. The molecule has 1 aliphatic heterocycles. The number of hydrogen-bond acceptors (Lipinski definition) is 5. The van der Waals surface area contributed by atoms with Gasteiger partial charge in [-0.2, -0.15) is 13.2 Å². The molecule has 0 bridgehead atoms. The molecule has 35 heavy (non-hydrogen) atoms. The average molecular weight is 510 g/mol. The van der Waals surface area contributed by atoms with Crippen molar-refractivity contribution < 1.29 is 27.0 Å². The van der Waals surface area contributed by atoms with Gasteiger partial charge in [-0.1, -0.05) is 38.3 Å². The molecule has 0 amide bonds. The van der Waals surface area contributed by atoms with Gasteiger partial charge in [-0.3, -0.25) is 4.90 Å². The van der Waals surface area contributed by atoms with Crippen molar-refractivity contribution in [2.75, 3.05) is 11.9 Å². The first-order chi connectivity index (χ1) is 16.3. The van der Waals surface area contributed by atoms with Gasteiger partial charge in [-0.05, 0) is 43.2 Å². The van der Waals surface area contributed by atoms with Gasteiger partial charge in [0.05, 0.1) is 10.7 Å². The molecule has 10 heteroatoms. The lowest BCUT2D eigenvalue weighted by molar-refractivity contribution is -0.107. The van der Waals surface area contributed by atoms with Crippen LogP contribution in [-0.4, -0.2) is 29.2 Å². The van der Waals surface area contributed by atoms with Gasteiger partial charge < -0.3 is 14.4 Å². The van der Waals surface area contributed by atoms with E-state index in [-0.39, 0.29) is 45.7 Å². The molecule has 0 spiro atoms. The molecule has 1 aromatic heterocycles. The van der Waals surface area contributed by atoms with Crippen LogP contribution in [0.4, 0.5) is 23.2 Å². The molecule has 1 unspecified atom stereocenters. The quantitative estimate of drug-likeness (QED) is 0.284.